The van der Waals surface area contributed by atoms with Gasteiger partial charge in [-0.3, -0.25) is 14.6 Å². The van der Waals surface area contributed by atoms with E-state index < -0.39 is 6.04 Å². The minimum Gasteiger partial charge on any atom is -0.652 e. The molecule has 0 spiro atoms. The predicted octanol–water partition coefficient (Wildman–Crippen LogP) is 1.94. The maximum atomic E-state index is 13.1. The molecule has 1 aromatic carbocycles. The summed E-state index contributed by atoms with van der Waals surface area (Å²) in [5.41, 5.74) is 11.5. The van der Waals surface area contributed by atoms with Crippen molar-refractivity contribution in [2.24, 2.45) is 16.5 Å². The average Bonchev–Trinajstić information content (AvgIpc) is 3.14. The van der Waals surface area contributed by atoms with Gasteiger partial charge in [0.1, 0.15) is 0 Å². The van der Waals surface area contributed by atoms with Gasteiger partial charge in [-0.1, -0.05) is 37.4 Å². The fourth-order valence-electron chi connectivity index (χ4n) is 3.17. The van der Waals surface area contributed by atoms with Crippen LogP contribution in [0.3, 0.4) is 0 Å². The van der Waals surface area contributed by atoms with Crippen molar-refractivity contribution < 1.29 is 53.7 Å². The Morgan fingerprint density at radius 2 is 2.10 bits per heavy atom. The van der Waals surface area contributed by atoms with E-state index in [2.05, 4.69) is 20.6 Å². The average molecular weight is 629 g/mol. The number of nitrogens with zero attached hydrogens (tertiary/aromatic N) is 3. The normalized spacial score (nSPS) is 17.2. The van der Waals surface area contributed by atoms with Gasteiger partial charge in [-0.2, -0.15) is 0 Å². The van der Waals surface area contributed by atoms with E-state index in [4.69, 9.17) is 11.5 Å². The Morgan fingerprint density at radius 3 is 2.79 bits per heavy atom. The van der Waals surface area contributed by atoms with Crippen LogP contribution in [0.2, 0.25) is 0 Å². The van der Waals surface area contributed by atoms with Crippen molar-refractivity contribution in [3.05, 3.63) is 34.6 Å². The van der Waals surface area contributed by atoms with E-state index in [0.29, 0.717) is 30.9 Å². The monoisotopic (exact) mass is 628 g/mol. The van der Waals surface area contributed by atoms with E-state index in [9.17, 15) is 9.59 Å². The number of guanidine groups is 1. The molecule has 1 fully saturated rings. The number of rotatable bonds is 8. The Morgan fingerprint density at radius 1 is 1.31 bits per heavy atom. The Kier molecular flexibility index (Phi) is 9.96. The number of benzene rings is 1. The standard InChI is InChI=1S/C19H25N6O2S.Ac/c20-19(21)23-11-5-8-13(24-17(27)14-7-3-4-10-22-14)16(26)18-25-12-6-1-2-9-15(12)28-18;/h1-2,6,9,13-14H,3-5,7-8,10-11H2,(H,24,27)(H4,20,21,23);/q-1;. The number of piperidine rings is 1. The van der Waals surface area contributed by atoms with Crippen LogP contribution in [0.25, 0.3) is 15.5 Å². The summed E-state index contributed by atoms with van der Waals surface area (Å²) in [6.45, 7) is 1.09. The third-order valence-electron chi connectivity index (χ3n) is 4.62. The van der Waals surface area contributed by atoms with Gasteiger partial charge in [0.15, 0.2) is 11.0 Å². The molecule has 1 amide bonds. The van der Waals surface area contributed by atoms with Gasteiger partial charge in [0, 0.05) is 50.6 Å². The van der Waals surface area contributed by atoms with E-state index in [1.54, 1.807) is 0 Å². The van der Waals surface area contributed by atoms with Crippen molar-refractivity contribution in [2.45, 2.75) is 44.2 Å². The summed E-state index contributed by atoms with van der Waals surface area (Å²) in [5.74, 6) is -0.366. The van der Waals surface area contributed by atoms with Crippen LogP contribution in [0.4, 0.5) is 0 Å². The maximum absolute atomic E-state index is 13.1. The zero-order chi connectivity index (χ0) is 19.9. The van der Waals surface area contributed by atoms with E-state index >= 15 is 0 Å². The molecule has 153 valence electrons. The zero-order valence-electron chi connectivity index (χ0n) is 16.2. The molecule has 10 heteroatoms. The summed E-state index contributed by atoms with van der Waals surface area (Å²) in [7, 11) is 0. The number of Topliss-reactive ketones (excluding diaryl/α,β-unsaturated/α-hetero) is 1. The summed E-state index contributed by atoms with van der Waals surface area (Å²) >= 11 is 1.34. The first kappa shape index (κ1) is 24.2. The van der Waals surface area contributed by atoms with Crippen LogP contribution < -0.4 is 16.8 Å². The molecule has 1 radical (unpaired) electrons. The number of ketones is 1. The molecule has 3 rings (SSSR count). The molecule has 8 nitrogen and oxygen atoms in total. The van der Waals surface area contributed by atoms with Gasteiger partial charge < -0.3 is 22.1 Å². The quantitative estimate of drug-likeness (QED) is 0.178. The summed E-state index contributed by atoms with van der Waals surface area (Å²) in [4.78, 5) is 34.1. The van der Waals surface area contributed by atoms with Crippen molar-refractivity contribution in [1.82, 2.24) is 10.3 Å². The van der Waals surface area contributed by atoms with Gasteiger partial charge >= 0.3 is 0 Å². The number of amides is 1. The van der Waals surface area contributed by atoms with Crippen LogP contribution in [0.1, 0.15) is 41.9 Å². The van der Waals surface area contributed by atoms with Crippen LogP contribution in [0, 0.1) is 44.1 Å². The maximum Gasteiger partial charge on any atom is 0.213 e. The van der Waals surface area contributed by atoms with Crippen molar-refractivity contribution in [3.8, 4) is 0 Å². The number of thiazole rings is 1. The van der Waals surface area contributed by atoms with E-state index in [1.165, 1.54) is 11.3 Å². The number of fused-ring (bicyclic) bond motifs is 1. The fraction of sp³-hybridized carbons (Fsp3) is 0.474. The zero-order valence-corrected chi connectivity index (χ0v) is 21.8. The molecule has 2 aromatic rings. The summed E-state index contributed by atoms with van der Waals surface area (Å²) < 4.78 is 0.943. The van der Waals surface area contributed by atoms with Crippen molar-refractivity contribution >= 4 is 39.2 Å². The summed E-state index contributed by atoms with van der Waals surface area (Å²) in [6, 6.07) is 6.55. The number of hydrogen-bond donors (Lipinski definition) is 3. The second kappa shape index (κ2) is 11.9. The molecule has 0 saturated carbocycles. The van der Waals surface area contributed by atoms with Gasteiger partial charge in [-0.15, -0.1) is 17.9 Å². The summed E-state index contributed by atoms with van der Waals surface area (Å²) in [6.07, 6.45) is 3.71. The number of nitrogens with one attached hydrogen (secondary N) is 1. The first-order chi connectivity index (χ1) is 13.5. The van der Waals surface area contributed by atoms with Gasteiger partial charge in [0.05, 0.1) is 16.3 Å². The molecule has 5 N–H and O–H groups in total. The van der Waals surface area contributed by atoms with Crippen LogP contribution in [-0.2, 0) is 4.79 Å². The van der Waals surface area contributed by atoms with Gasteiger partial charge in [0.2, 0.25) is 11.7 Å². The SMILES string of the molecule is NC(N)=NCCCC(NC(=O)C1CCCC[N-]1)C(=O)c1nc2ccccc2s1.[Ac]. The van der Waals surface area contributed by atoms with Crippen LogP contribution in [-0.4, -0.2) is 47.8 Å². The number of aromatic nitrogens is 1. The van der Waals surface area contributed by atoms with E-state index in [1.807, 2.05) is 24.3 Å². The van der Waals surface area contributed by atoms with Crippen LogP contribution >= 0.6 is 11.3 Å². The first-order valence-electron chi connectivity index (χ1n) is 9.47. The largest absolute Gasteiger partial charge is 0.652 e. The van der Waals surface area contributed by atoms with Crippen molar-refractivity contribution in [2.75, 3.05) is 13.1 Å². The Hall–Kier alpha value is -1.08. The smallest absolute Gasteiger partial charge is 0.213 e. The number of carbonyl (C=O) groups excluding carboxylic acids is 2. The molecule has 2 unspecified atom stereocenters. The minimum absolute atomic E-state index is 0. The molecule has 0 aliphatic carbocycles. The third-order valence-corrected chi connectivity index (χ3v) is 5.67. The Labute approximate surface area is 209 Å². The molecule has 1 aliphatic heterocycles. The van der Waals surface area contributed by atoms with Crippen LogP contribution in [0.5, 0.6) is 0 Å². The van der Waals surface area contributed by atoms with Gasteiger partial charge in [0.25, 0.3) is 0 Å². The van der Waals surface area contributed by atoms with Crippen molar-refractivity contribution in [1.29, 1.82) is 0 Å². The number of hydrogen-bond acceptors (Lipinski definition) is 5. The van der Waals surface area contributed by atoms with Crippen molar-refractivity contribution in [3.63, 3.8) is 0 Å². The van der Waals surface area contributed by atoms with E-state index in [0.717, 1.165) is 29.5 Å². The third kappa shape index (κ3) is 6.99. The topological polar surface area (TPSA) is 138 Å². The predicted molar refractivity (Wildman–Crippen MR) is 112 cm³/mol. The molecule has 2 heterocycles. The number of para-hydroxylation sites is 1. The molecular weight excluding hydrogens is 603 g/mol. The Balaban J connectivity index is 0.00000300. The molecular formula is C19H25AcN6O2S-. The second-order valence-corrected chi connectivity index (χ2v) is 7.81. The van der Waals surface area contributed by atoms with Gasteiger partial charge in [-0.25, -0.2) is 4.98 Å². The first-order valence-corrected chi connectivity index (χ1v) is 10.3. The molecule has 1 saturated heterocycles. The van der Waals surface area contributed by atoms with Gasteiger partial charge in [-0.05, 0) is 25.0 Å². The van der Waals surface area contributed by atoms with Crippen LogP contribution in [0.15, 0.2) is 29.3 Å². The summed E-state index contributed by atoms with van der Waals surface area (Å²) in [5, 5.41) is 7.67. The minimum atomic E-state index is -0.667. The molecule has 29 heavy (non-hydrogen) atoms. The number of aliphatic imine (C=N–C) groups is 1. The molecule has 2 atom stereocenters. The molecule has 1 aromatic heterocycles. The molecule has 1 aliphatic rings. The molecule has 0 bridgehead atoms. The fourth-order valence-corrected chi connectivity index (χ4v) is 4.13. The number of nitrogens with two attached hydrogens (primary N) is 2. The second-order valence-electron chi connectivity index (χ2n) is 6.78. The Bertz CT molecular complexity index is 828. The number of carbonyl (C=O) groups is 2. The van der Waals surface area contributed by atoms with E-state index in [-0.39, 0.29) is 67.8 Å².